The molecule has 7 heteroatoms. The molecule has 0 spiro atoms. The summed E-state index contributed by atoms with van der Waals surface area (Å²) < 4.78 is 13.8. The van der Waals surface area contributed by atoms with Crippen molar-refractivity contribution in [3.63, 3.8) is 0 Å². The molecule has 1 aromatic carbocycles. The van der Waals surface area contributed by atoms with Gasteiger partial charge in [0.05, 0.1) is 0 Å². The summed E-state index contributed by atoms with van der Waals surface area (Å²) in [7, 11) is 0. The number of nitrogens with one attached hydrogen (secondary N) is 1. The summed E-state index contributed by atoms with van der Waals surface area (Å²) in [6, 6.07) is 5.67. The van der Waals surface area contributed by atoms with Crippen LogP contribution in [0.2, 0.25) is 0 Å². The zero-order valence-electron chi connectivity index (χ0n) is 16.5. The second kappa shape index (κ2) is 9.92. The lowest BCUT2D eigenvalue weighted by Crippen LogP contribution is -2.33. The zero-order valence-corrected chi connectivity index (χ0v) is 16.5. The number of carboxylic acid groups (broad SMARTS) is 1. The molecule has 0 bridgehead atoms. The lowest BCUT2D eigenvalue weighted by Gasteiger charge is -2.21. The number of hydrogen-bond acceptors (Lipinski definition) is 3. The van der Waals surface area contributed by atoms with E-state index < -0.39 is 6.09 Å². The Balaban J connectivity index is 2.09. The molecule has 2 rings (SSSR count). The lowest BCUT2D eigenvalue weighted by atomic mass is 10.0. The molecule has 2 amide bonds. The van der Waals surface area contributed by atoms with E-state index in [1.54, 1.807) is 6.92 Å². The first-order valence-corrected chi connectivity index (χ1v) is 9.42. The van der Waals surface area contributed by atoms with Crippen LogP contribution in [0.15, 0.2) is 42.4 Å². The number of amides is 2. The maximum Gasteiger partial charge on any atom is 0.411 e. The Morgan fingerprint density at radius 1 is 1.29 bits per heavy atom. The van der Waals surface area contributed by atoms with E-state index in [0.29, 0.717) is 50.3 Å². The number of carbonyl (C=O) groups is 2. The molecule has 0 radical (unpaired) electrons. The fourth-order valence-electron chi connectivity index (χ4n) is 3.13. The van der Waals surface area contributed by atoms with Crippen molar-refractivity contribution < 1.29 is 19.1 Å². The number of nitrogens with zero attached hydrogens (tertiary/aromatic N) is 2. The number of allylic oxidation sites excluding steroid dienone is 2. The van der Waals surface area contributed by atoms with Crippen LogP contribution in [0.1, 0.15) is 31.4 Å². The highest BCUT2D eigenvalue weighted by Gasteiger charge is 2.18. The van der Waals surface area contributed by atoms with Crippen LogP contribution >= 0.6 is 0 Å². The van der Waals surface area contributed by atoms with Crippen LogP contribution < -0.4 is 10.2 Å². The second-order valence-corrected chi connectivity index (χ2v) is 7.02. The van der Waals surface area contributed by atoms with Crippen LogP contribution in [-0.2, 0) is 17.6 Å². The zero-order chi connectivity index (χ0) is 20.7. The van der Waals surface area contributed by atoms with Gasteiger partial charge in [-0.05, 0) is 55.0 Å². The smallest absolute Gasteiger partial charge is 0.411 e. The number of carbonyl (C=O) groups excluding carboxylic acids is 1. The predicted octanol–water partition coefficient (Wildman–Crippen LogP) is 3.48. The van der Waals surface area contributed by atoms with E-state index in [9.17, 15) is 19.1 Å². The molecule has 1 heterocycles. The van der Waals surface area contributed by atoms with Crippen LogP contribution in [0.3, 0.4) is 0 Å². The van der Waals surface area contributed by atoms with Crippen molar-refractivity contribution in [2.75, 3.05) is 31.1 Å². The Morgan fingerprint density at radius 2 is 1.96 bits per heavy atom. The molecule has 2 N–H and O–H groups in total. The van der Waals surface area contributed by atoms with Gasteiger partial charge in [0.15, 0.2) is 0 Å². The van der Waals surface area contributed by atoms with Crippen molar-refractivity contribution in [1.82, 2.24) is 10.2 Å². The van der Waals surface area contributed by atoms with Gasteiger partial charge in [0.25, 0.3) is 0 Å². The molecule has 1 aromatic rings. The Labute approximate surface area is 165 Å². The van der Waals surface area contributed by atoms with Crippen LogP contribution in [0, 0.1) is 0 Å². The van der Waals surface area contributed by atoms with E-state index >= 15 is 0 Å². The molecule has 0 saturated heterocycles. The second-order valence-electron chi connectivity index (χ2n) is 7.02. The number of rotatable bonds is 7. The number of halogens is 1. The predicted molar refractivity (Wildman–Crippen MR) is 108 cm³/mol. The van der Waals surface area contributed by atoms with Crippen molar-refractivity contribution >= 4 is 17.7 Å². The number of fused-ring (bicyclic) bond motifs is 1. The van der Waals surface area contributed by atoms with Gasteiger partial charge in [0.1, 0.15) is 5.83 Å². The molecule has 0 atom stereocenters. The number of benzene rings is 1. The minimum absolute atomic E-state index is 0.131. The van der Waals surface area contributed by atoms with E-state index in [4.69, 9.17) is 0 Å². The van der Waals surface area contributed by atoms with Gasteiger partial charge in [-0.3, -0.25) is 9.69 Å². The SMILES string of the molecule is C=C(C)/C(F)=C/N1CCc2ccc(N(CCCNC(C)=O)C(=O)O)cc2CC1. The van der Waals surface area contributed by atoms with Gasteiger partial charge in [-0.2, -0.15) is 0 Å². The van der Waals surface area contributed by atoms with Crippen LogP contribution in [0.4, 0.5) is 14.9 Å². The minimum Gasteiger partial charge on any atom is -0.465 e. The summed E-state index contributed by atoms with van der Waals surface area (Å²) in [4.78, 5) is 25.8. The van der Waals surface area contributed by atoms with E-state index in [-0.39, 0.29) is 11.7 Å². The topological polar surface area (TPSA) is 72.9 Å². The standard InChI is InChI=1S/C21H28FN3O3/c1-15(2)20(22)14-24-11-7-17-5-6-19(13-18(17)8-12-24)25(21(27)28)10-4-9-23-16(3)26/h5-6,13-14H,1,4,7-12H2,2-3H3,(H,23,26)(H,27,28)/b20-14-. The van der Waals surface area contributed by atoms with Gasteiger partial charge in [-0.15, -0.1) is 0 Å². The highest BCUT2D eigenvalue weighted by molar-refractivity contribution is 5.86. The average Bonchev–Trinajstić information content (AvgIpc) is 2.83. The highest BCUT2D eigenvalue weighted by Crippen LogP contribution is 2.24. The van der Waals surface area contributed by atoms with Gasteiger partial charge < -0.3 is 15.3 Å². The van der Waals surface area contributed by atoms with Gasteiger partial charge in [-0.25, -0.2) is 9.18 Å². The van der Waals surface area contributed by atoms with Crippen molar-refractivity contribution in [1.29, 1.82) is 0 Å². The Morgan fingerprint density at radius 3 is 2.57 bits per heavy atom. The lowest BCUT2D eigenvalue weighted by molar-refractivity contribution is -0.118. The maximum absolute atomic E-state index is 13.8. The van der Waals surface area contributed by atoms with E-state index in [0.717, 1.165) is 17.5 Å². The first-order chi connectivity index (χ1) is 13.3. The fourth-order valence-corrected chi connectivity index (χ4v) is 3.13. The van der Waals surface area contributed by atoms with Crippen molar-refractivity contribution in [3.05, 3.63) is 53.5 Å². The van der Waals surface area contributed by atoms with Crippen molar-refractivity contribution in [2.45, 2.75) is 33.1 Å². The molecule has 1 aliphatic heterocycles. The summed E-state index contributed by atoms with van der Waals surface area (Å²) in [6.45, 7) is 8.77. The fraction of sp³-hybridized carbons (Fsp3) is 0.429. The third-order valence-corrected chi connectivity index (χ3v) is 4.71. The van der Waals surface area contributed by atoms with Gasteiger partial charge in [-0.1, -0.05) is 12.6 Å². The number of anilines is 1. The van der Waals surface area contributed by atoms with Crippen molar-refractivity contribution in [2.24, 2.45) is 0 Å². The van der Waals surface area contributed by atoms with Crippen LogP contribution in [0.25, 0.3) is 0 Å². The highest BCUT2D eigenvalue weighted by atomic mass is 19.1. The monoisotopic (exact) mass is 389 g/mol. The van der Waals surface area contributed by atoms with E-state index in [1.807, 2.05) is 23.1 Å². The normalized spacial score (nSPS) is 14.1. The van der Waals surface area contributed by atoms with E-state index in [1.165, 1.54) is 18.0 Å². The maximum atomic E-state index is 13.8. The first kappa shape index (κ1) is 21.5. The summed E-state index contributed by atoms with van der Waals surface area (Å²) in [6.07, 6.45) is 2.49. The molecule has 28 heavy (non-hydrogen) atoms. The van der Waals surface area contributed by atoms with Crippen LogP contribution in [0.5, 0.6) is 0 Å². The van der Waals surface area contributed by atoms with Gasteiger partial charge in [0.2, 0.25) is 5.91 Å². The summed E-state index contributed by atoms with van der Waals surface area (Å²) in [5.74, 6) is -0.448. The Hall–Kier alpha value is -2.83. The van der Waals surface area contributed by atoms with Gasteiger partial charge >= 0.3 is 6.09 Å². The Kier molecular flexibility index (Phi) is 7.61. The van der Waals surface area contributed by atoms with E-state index in [2.05, 4.69) is 11.9 Å². The molecule has 0 aromatic heterocycles. The summed E-state index contributed by atoms with van der Waals surface area (Å²) in [5, 5.41) is 12.2. The molecule has 0 unspecified atom stereocenters. The average molecular weight is 389 g/mol. The molecular weight excluding hydrogens is 361 g/mol. The van der Waals surface area contributed by atoms with Crippen molar-refractivity contribution in [3.8, 4) is 0 Å². The third-order valence-electron chi connectivity index (χ3n) is 4.71. The van der Waals surface area contributed by atoms with Gasteiger partial charge in [0, 0.05) is 45.0 Å². The third kappa shape index (κ3) is 6.11. The summed E-state index contributed by atoms with van der Waals surface area (Å²) >= 11 is 0. The molecule has 1 aliphatic rings. The quantitative estimate of drug-likeness (QED) is 0.553. The molecule has 6 nitrogen and oxygen atoms in total. The summed E-state index contributed by atoms with van der Waals surface area (Å²) in [5.41, 5.74) is 3.25. The molecule has 0 fully saturated rings. The Bertz CT molecular complexity index is 776. The molecule has 0 saturated carbocycles. The molecule has 0 aliphatic carbocycles. The largest absolute Gasteiger partial charge is 0.465 e. The molecule has 152 valence electrons. The minimum atomic E-state index is -1.02. The number of hydrogen-bond donors (Lipinski definition) is 2. The van der Waals surface area contributed by atoms with Crippen LogP contribution in [-0.4, -0.2) is 48.2 Å². The molecular formula is C21H28FN3O3. The first-order valence-electron chi connectivity index (χ1n) is 9.42.